The van der Waals surface area contributed by atoms with Crippen molar-refractivity contribution >= 4 is 12.3 Å². The van der Waals surface area contributed by atoms with E-state index < -0.39 is 35.0 Å². The molecule has 3 fully saturated rings. The lowest BCUT2D eigenvalue weighted by Crippen LogP contribution is -2.74. The Hall–Kier alpha value is -2.64. The molecule has 0 amide bonds. The average Bonchev–Trinajstić information content (AvgIpc) is 3.84. The number of ether oxygens (including phenoxy) is 8. The highest BCUT2D eigenvalue weighted by atomic mass is 16.9. The number of carbonyl (C=O) groups excluding carboxylic acids is 2. The van der Waals surface area contributed by atoms with Gasteiger partial charge in [0.15, 0.2) is 5.79 Å². The first kappa shape index (κ1) is 34.2. The second-order valence-electron chi connectivity index (χ2n) is 12.2. The fraction of sp³-hybridized carbons (Fsp3) is 0.750. The number of piperidine rings is 1. The van der Waals surface area contributed by atoms with Gasteiger partial charge in [-0.2, -0.15) is 5.06 Å². The van der Waals surface area contributed by atoms with Crippen LogP contribution in [0.5, 0.6) is 5.75 Å². The lowest BCUT2D eigenvalue weighted by molar-refractivity contribution is -0.435. The molecule has 1 spiro atoms. The van der Waals surface area contributed by atoms with E-state index >= 15 is 0 Å². The molecule has 1 aromatic carbocycles. The van der Waals surface area contributed by atoms with Gasteiger partial charge in [-0.15, -0.1) is 0 Å². The van der Waals surface area contributed by atoms with Crippen molar-refractivity contribution in [3.63, 3.8) is 0 Å². The Bertz CT molecular complexity index is 1100. The van der Waals surface area contributed by atoms with Crippen LogP contribution < -0.4 is 4.74 Å². The number of benzene rings is 1. The van der Waals surface area contributed by atoms with Crippen LogP contribution in [0.4, 0.5) is 9.59 Å². The van der Waals surface area contributed by atoms with Crippen molar-refractivity contribution in [3.8, 4) is 5.75 Å². The molecule has 0 N–H and O–H groups in total. The maximum absolute atomic E-state index is 12.3. The first-order chi connectivity index (χ1) is 20.9. The zero-order chi connectivity index (χ0) is 32.2. The van der Waals surface area contributed by atoms with Crippen LogP contribution >= 0.6 is 0 Å². The summed E-state index contributed by atoms with van der Waals surface area (Å²) < 4.78 is 44.8. The molecule has 0 bridgehead atoms. The quantitative estimate of drug-likeness (QED) is 0.156. The van der Waals surface area contributed by atoms with Gasteiger partial charge in [-0.3, -0.25) is 4.84 Å². The van der Waals surface area contributed by atoms with Gasteiger partial charge >= 0.3 is 18.1 Å². The number of carbonyl (C=O) groups is 2. The lowest BCUT2D eigenvalue weighted by atomic mass is 9.67. The highest BCUT2D eigenvalue weighted by molar-refractivity contribution is 5.63. The van der Waals surface area contributed by atoms with Gasteiger partial charge in [0, 0.05) is 17.9 Å². The first-order valence-electron chi connectivity index (χ1n) is 15.7. The maximum atomic E-state index is 12.3. The molecule has 4 rings (SSSR count). The Balaban J connectivity index is 1.53. The van der Waals surface area contributed by atoms with E-state index in [1.165, 1.54) is 0 Å². The summed E-state index contributed by atoms with van der Waals surface area (Å²) in [6.07, 6.45) is -0.141. The standard InChI is InChI=1S/C32H49NO11/c1-9-29(7)19-32(40-20-31(21-41-32,42-27(34)36-11-3)43-28(35)37-12-4)23(6)30(8,10-2)33(29)44-22(5)24-13-15-25(16-14-24)38-17-26-18-39-26/h13-16,22-23,26H,9-12,17-21H2,1-8H3. The topological polar surface area (TPSA) is 124 Å². The fourth-order valence-corrected chi connectivity index (χ4v) is 6.03. The molecule has 5 unspecified atom stereocenters. The number of hydroxylamine groups is 2. The zero-order valence-electron chi connectivity index (χ0n) is 27.3. The summed E-state index contributed by atoms with van der Waals surface area (Å²) in [4.78, 5) is 31.4. The Morgan fingerprint density at radius 2 is 1.52 bits per heavy atom. The van der Waals surface area contributed by atoms with E-state index in [0.29, 0.717) is 13.0 Å². The molecule has 0 aliphatic carbocycles. The summed E-state index contributed by atoms with van der Waals surface area (Å²) in [7, 11) is 0. The van der Waals surface area contributed by atoms with E-state index in [2.05, 4.69) is 39.7 Å². The van der Waals surface area contributed by atoms with Crippen LogP contribution in [-0.4, -0.2) is 85.8 Å². The van der Waals surface area contributed by atoms with Crippen molar-refractivity contribution in [2.75, 3.05) is 39.6 Å². The second-order valence-corrected chi connectivity index (χ2v) is 12.2. The third-order valence-corrected chi connectivity index (χ3v) is 9.24. The molecule has 1 aromatic rings. The molecule has 3 heterocycles. The second kappa shape index (κ2) is 13.8. The van der Waals surface area contributed by atoms with Crippen LogP contribution in [-0.2, 0) is 38.0 Å². The number of nitrogens with zero attached hydrogens (tertiary/aromatic N) is 1. The van der Waals surface area contributed by atoms with Crippen LogP contribution in [0.1, 0.15) is 86.3 Å². The number of rotatable bonds is 12. The summed E-state index contributed by atoms with van der Waals surface area (Å²) in [5.41, 5.74) is -0.0238. The molecule has 248 valence electrons. The SMILES string of the molecule is CCOC(=O)OC1(OC(=O)OCC)COC2(CC(C)(CC)N(OC(C)c3ccc(OCC4CO4)cc3)C(C)(CC)C2C)OC1. The van der Waals surface area contributed by atoms with Crippen molar-refractivity contribution in [2.45, 2.75) is 110 Å². The highest BCUT2D eigenvalue weighted by Crippen LogP contribution is 2.54. The summed E-state index contributed by atoms with van der Waals surface area (Å²) >= 11 is 0. The van der Waals surface area contributed by atoms with Crippen LogP contribution in [0.15, 0.2) is 24.3 Å². The lowest BCUT2D eigenvalue weighted by Gasteiger charge is -2.64. The predicted octanol–water partition coefficient (Wildman–Crippen LogP) is 5.92. The van der Waals surface area contributed by atoms with Crippen molar-refractivity contribution in [1.29, 1.82) is 0 Å². The van der Waals surface area contributed by atoms with E-state index in [9.17, 15) is 9.59 Å². The van der Waals surface area contributed by atoms with Gasteiger partial charge < -0.3 is 37.9 Å². The minimum Gasteiger partial charge on any atom is -0.491 e. The van der Waals surface area contributed by atoms with E-state index in [1.54, 1.807) is 13.8 Å². The normalized spacial score (nSPS) is 29.8. The van der Waals surface area contributed by atoms with Crippen LogP contribution in [0.25, 0.3) is 0 Å². The maximum Gasteiger partial charge on any atom is 0.511 e. The van der Waals surface area contributed by atoms with Crippen molar-refractivity contribution < 1.29 is 52.3 Å². The first-order valence-corrected chi connectivity index (χ1v) is 15.7. The van der Waals surface area contributed by atoms with E-state index in [4.69, 9.17) is 42.7 Å². The third-order valence-electron chi connectivity index (χ3n) is 9.24. The highest BCUT2D eigenvalue weighted by Gasteiger charge is 2.65. The Kier molecular flexibility index (Phi) is 10.7. The van der Waals surface area contributed by atoms with Crippen molar-refractivity contribution in [3.05, 3.63) is 29.8 Å². The number of hydrogen-bond acceptors (Lipinski definition) is 12. The molecule has 3 saturated heterocycles. The Morgan fingerprint density at radius 3 is 2.00 bits per heavy atom. The molecule has 5 atom stereocenters. The number of hydrogen-bond donors (Lipinski definition) is 0. The fourth-order valence-electron chi connectivity index (χ4n) is 6.03. The van der Waals surface area contributed by atoms with Crippen LogP contribution in [0.3, 0.4) is 0 Å². The minimum atomic E-state index is -1.86. The summed E-state index contributed by atoms with van der Waals surface area (Å²) in [5.74, 6) is -2.36. The zero-order valence-corrected chi connectivity index (χ0v) is 27.3. The van der Waals surface area contributed by atoms with Gasteiger partial charge in [-0.25, -0.2) is 9.59 Å². The summed E-state index contributed by atoms with van der Waals surface area (Å²) in [6, 6.07) is 7.96. The van der Waals surface area contributed by atoms with Crippen LogP contribution in [0, 0.1) is 5.92 Å². The van der Waals surface area contributed by atoms with Gasteiger partial charge in [0.1, 0.15) is 37.8 Å². The van der Waals surface area contributed by atoms with Gasteiger partial charge in [0.2, 0.25) is 0 Å². The molecule has 3 aliphatic rings. The molecule has 12 nitrogen and oxygen atoms in total. The van der Waals surface area contributed by atoms with Gasteiger partial charge in [-0.1, -0.05) is 32.9 Å². The molecule has 0 aromatic heterocycles. The van der Waals surface area contributed by atoms with E-state index in [-0.39, 0.29) is 44.6 Å². The largest absolute Gasteiger partial charge is 0.511 e. The van der Waals surface area contributed by atoms with Crippen molar-refractivity contribution in [2.24, 2.45) is 5.92 Å². The van der Waals surface area contributed by atoms with Gasteiger partial charge in [-0.05, 0) is 65.2 Å². The Morgan fingerprint density at radius 1 is 0.955 bits per heavy atom. The molecular formula is C32H49NO11. The predicted molar refractivity (Wildman–Crippen MR) is 158 cm³/mol. The summed E-state index contributed by atoms with van der Waals surface area (Å²) in [5, 5.41) is 2.13. The average molecular weight is 624 g/mol. The summed E-state index contributed by atoms with van der Waals surface area (Å²) in [6.45, 7) is 16.9. The number of epoxide rings is 1. The smallest absolute Gasteiger partial charge is 0.491 e. The van der Waals surface area contributed by atoms with Crippen molar-refractivity contribution in [1.82, 2.24) is 5.06 Å². The Labute approximate surface area is 260 Å². The van der Waals surface area contributed by atoms with Crippen LogP contribution in [0.2, 0.25) is 0 Å². The molecule has 0 saturated carbocycles. The molecule has 12 heteroatoms. The molecule has 0 radical (unpaired) electrons. The van der Waals surface area contributed by atoms with Gasteiger partial charge in [0.25, 0.3) is 0 Å². The van der Waals surface area contributed by atoms with Gasteiger partial charge in [0.05, 0.1) is 25.4 Å². The molecular weight excluding hydrogens is 574 g/mol. The third kappa shape index (κ3) is 7.25. The van der Waals surface area contributed by atoms with E-state index in [1.807, 2.05) is 31.2 Å². The molecule has 3 aliphatic heterocycles. The molecule has 44 heavy (non-hydrogen) atoms. The van der Waals surface area contributed by atoms with E-state index in [0.717, 1.165) is 30.8 Å². The minimum absolute atomic E-state index is 0.0861. The monoisotopic (exact) mass is 623 g/mol.